The molecule has 0 bridgehead atoms. The Bertz CT molecular complexity index is 303. The van der Waals surface area contributed by atoms with Crippen molar-refractivity contribution in [3.63, 3.8) is 0 Å². The molecule has 2 rings (SSSR count). The van der Waals surface area contributed by atoms with Crippen LogP contribution in [0.5, 0.6) is 0 Å². The molecule has 2 aliphatic heterocycles. The van der Waals surface area contributed by atoms with E-state index in [0.717, 1.165) is 11.3 Å². The highest BCUT2D eigenvalue weighted by Crippen LogP contribution is 2.22. The van der Waals surface area contributed by atoms with Gasteiger partial charge in [0.05, 0.1) is 17.5 Å². The van der Waals surface area contributed by atoms with Gasteiger partial charge in [-0.05, 0) is 6.08 Å². The lowest BCUT2D eigenvalue weighted by molar-refractivity contribution is 1.23. The van der Waals surface area contributed by atoms with E-state index in [-0.39, 0.29) is 0 Å². The zero-order valence-corrected chi connectivity index (χ0v) is 5.80. The molecule has 0 aromatic carbocycles. The predicted molar refractivity (Wildman–Crippen MR) is 42.1 cm³/mol. The predicted octanol–water partition coefficient (Wildman–Crippen LogP) is 1.63. The SMILES string of the molecule is S=C1N=CC=C2N=NC=C12. The molecule has 0 radical (unpaired) electrons. The highest BCUT2D eigenvalue weighted by atomic mass is 32.1. The Labute approximate surface area is 62.9 Å². The van der Waals surface area contributed by atoms with Crippen molar-refractivity contribution in [2.75, 3.05) is 0 Å². The van der Waals surface area contributed by atoms with Crippen LogP contribution in [0.3, 0.4) is 0 Å². The highest BCUT2D eigenvalue weighted by Gasteiger charge is 2.15. The Morgan fingerprint density at radius 2 is 2.30 bits per heavy atom. The molecule has 0 N–H and O–H groups in total. The standard InChI is InChI=1S/C6H3N3S/c10-6-4-3-8-9-5(4)1-2-7-6/h1-3H. The maximum Gasteiger partial charge on any atom is 0.137 e. The van der Waals surface area contributed by atoms with Gasteiger partial charge in [0.1, 0.15) is 4.99 Å². The van der Waals surface area contributed by atoms with Crippen LogP contribution in [0.15, 0.2) is 38.8 Å². The van der Waals surface area contributed by atoms with E-state index in [4.69, 9.17) is 12.2 Å². The Morgan fingerprint density at radius 1 is 1.40 bits per heavy atom. The molecule has 0 atom stereocenters. The summed E-state index contributed by atoms with van der Waals surface area (Å²) in [5, 5.41) is 7.53. The number of azo groups is 1. The van der Waals surface area contributed by atoms with Crippen LogP contribution < -0.4 is 0 Å². The Morgan fingerprint density at radius 3 is 3.10 bits per heavy atom. The molecule has 0 aromatic rings. The molecule has 2 heterocycles. The fourth-order valence-electron chi connectivity index (χ4n) is 0.802. The fourth-order valence-corrected chi connectivity index (χ4v) is 1.02. The molecule has 0 amide bonds. The second-order valence-electron chi connectivity index (χ2n) is 1.89. The molecule has 48 valence electrons. The first-order valence-electron chi connectivity index (χ1n) is 2.78. The Hall–Kier alpha value is -1.16. The van der Waals surface area contributed by atoms with E-state index >= 15 is 0 Å². The lowest BCUT2D eigenvalue weighted by atomic mass is 10.2. The van der Waals surface area contributed by atoms with Gasteiger partial charge in [0.15, 0.2) is 0 Å². The molecule has 0 saturated carbocycles. The molecule has 0 aliphatic carbocycles. The van der Waals surface area contributed by atoms with Gasteiger partial charge in [-0.2, -0.15) is 10.2 Å². The molecule has 0 spiro atoms. The van der Waals surface area contributed by atoms with Gasteiger partial charge in [0.25, 0.3) is 0 Å². The van der Waals surface area contributed by atoms with Crippen molar-refractivity contribution in [3.8, 4) is 0 Å². The number of nitrogens with zero attached hydrogens (tertiary/aromatic N) is 3. The number of thiocarbonyl (C=S) groups is 1. The molecule has 0 unspecified atom stereocenters. The lowest BCUT2D eigenvalue weighted by Gasteiger charge is -2.01. The van der Waals surface area contributed by atoms with Gasteiger partial charge in [-0.25, -0.2) is 4.99 Å². The number of rotatable bonds is 0. The van der Waals surface area contributed by atoms with Gasteiger partial charge in [-0.1, -0.05) is 12.2 Å². The number of hydrogen-bond acceptors (Lipinski definition) is 3. The average molecular weight is 149 g/mol. The molecule has 0 saturated heterocycles. The topological polar surface area (TPSA) is 37.1 Å². The maximum absolute atomic E-state index is 4.92. The highest BCUT2D eigenvalue weighted by molar-refractivity contribution is 7.80. The van der Waals surface area contributed by atoms with Crippen LogP contribution in [-0.4, -0.2) is 11.2 Å². The minimum atomic E-state index is 0.572. The van der Waals surface area contributed by atoms with Crippen molar-refractivity contribution in [2.45, 2.75) is 0 Å². The average Bonchev–Trinajstić information content (AvgIpc) is 2.36. The molecule has 2 aliphatic rings. The molecule has 0 fully saturated rings. The summed E-state index contributed by atoms with van der Waals surface area (Å²) in [4.78, 5) is 4.49. The summed E-state index contributed by atoms with van der Waals surface area (Å²) in [6, 6.07) is 0. The molecular formula is C6H3N3S. The van der Waals surface area contributed by atoms with E-state index in [2.05, 4.69) is 15.2 Å². The van der Waals surface area contributed by atoms with Crippen molar-refractivity contribution in [3.05, 3.63) is 23.5 Å². The van der Waals surface area contributed by atoms with E-state index in [9.17, 15) is 0 Å². The van der Waals surface area contributed by atoms with Crippen LogP contribution in [0.1, 0.15) is 0 Å². The minimum Gasteiger partial charge on any atom is -0.244 e. The third-order valence-electron chi connectivity index (χ3n) is 1.28. The van der Waals surface area contributed by atoms with Gasteiger partial charge < -0.3 is 0 Å². The third kappa shape index (κ3) is 0.657. The maximum atomic E-state index is 4.92. The van der Waals surface area contributed by atoms with Gasteiger partial charge in [0, 0.05) is 6.21 Å². The fraction of sp³-hybridized carbons (Fsp3) is 0. The first kappa shape index (κ1) is 5.61. The molecule has 3 nitrogen and oxygen atoms in total. The Balaban J connectivity index is 2.54. The van der Waals surface area contributed by atoms with Crippen molar-refractivity contribution in [1.29, 1.82) is 0 Å². The number of hydrogen-bond donors (Lipinski definition) is 0. The number of fused-ring (bicyclic) bond motifs is 1. The summed E-state index contributed by atoms with van der Waals surface area (Å²) in [5.74, 6) is 0. The normalized spacial score (nSPS) is 20.6. The van der Waals surface area contributed by atoms with Gasteiger partial charge in [-0.15, -0.1) is 0 Å². The quantitative estimate of drug-likeness (QED) is 0.482. The Kier molecular flexibility index (Phi) is 1.07. The van der Waals surface area contributed by atoms with Crippen LogP contribution in [-0.2, 0) is 0 Å². The number of allylic oxidation sites excluding steroid dienone is 1. The van der Waals surface area contributed by atoms with Crippen LogP contribution in [0.25, 0.3) is 0 Å². The lowest BCUT2D eigenvalue weighted by Crippen LogP contribution is -2.00. The zero-order chi connectivity index (χ0) is 6.97. The number of aliphatic imine (C=N–C) groups is 1. The van der Waals surface area contributed by atoms with E-state index < -0.39 is 0 Å². The van der Waals surface area contributed by atoms with Gasteiger partial charge >= 0.3 is 0 Å². The smallest absolute Gasteiger partial charge is 0.137 e. The first-order valence-corrected chi connectivity index (χ1v) is 3.19. The third-order valence-corrected chi connectivity index (χ3v) is 1.61. The van der Waals surface area contributed by atoms with Crippen LogP contribution in [0, 0.1) is 0 Å². The first-order chi connectivity index (χ1) is 4.88. The van der Waals surface area contributed by atoms with Crippen molar-refractivity contribution in [1.82, 2.24) is 0 Å². The number of dihydropyridines is 1. The summed E-state index contributed by atoms with van der Waals surface area (Å²) < 4.78 is 0. The summed E-state index contributed by atoms with van der Waals surface area (Å²) in [7, 11) is 0. The molecule has 4 heteroatoms. The summed E-state index contributed by atoms with van der Waals surface area (Å²) in [5.41, 5.74) is 1.68. The van der Waals surface area contributed by atoms with Crippen molar-refractivity contribution in [2.24, 2.45) is 15.2 Å². The van der Waals surface area contributed by atoms with Gasteiger partial charge in [0.2, 0.25) is 0 Å². The monoisotopic (exact) mass is 149 g/mol. The summed E-state index contributed by atoms with van der Waals surface area (Å²) in [6.45, 7) is 0. The van der Waals surface area contributed by atoms with E-state index in [1.54, 1.807) is 18.5 Å². The zero-order valence-electron chi connectivity index (χ0n) is 4.98. The minimum absolute atomic E-state index is 0.572. The molecular weight excluding hydrogens is 146 g/mol. The van der Waals surface area contributed by atoms with Crippen molar-refractivity contribution < 1.29 is 0 Å². The van der Waals surface area contributed by atoms with E-state index in [1.807, 2.05) is 0 Å². The van der Waals surface area contributed by atoms with E-state index in [1.165, 1.54) is 0 Å². The molecule has 0 aromatic heterocycles. The largest absolute Gasteiger partial charge is 0.244 e. The van der Waals surface area contributed by atoms with Crippen LogP contribution in [0.2, 0.25) is 0 Å². The van der Waals surface area contributed by atoms with E-state index in [0.29, 0.717) is 4.99 Å². The second-order valence-corrected chi connectivity index (χ2v) is 2.28. The van der Waals surface area contributed by atoms with Crippen LogP contribution in [0.4, 0.5) is 0 Å². The van der Waals surface area contributed by atoms with Crippen molar-refractivity contribution >= 4 is 23.4 Å². The van der Waals surface area contributed by atoms with Crippen LogP contribution >= 0.6 is 12.2 Å². The molecule has 10 heavy (non-hydrogen) atoms. The summed E-state index contributed by atoms with van der Waals surface area (Å²) >= 11 is 4.92. The summed E-state index contributed by atoms with van der Waals surface area (Å²) in [6.07, 6.45) is 5.06. The van der Waals surface area contributed by atoms with Gasteiger partial charge in [-0.3, -0.25) is 0 Å². The second kappa shape index (κ2) is 1.91.